The molecule has 0 aliphatic carbocycles. The van der Waals surface area contributed by atoms with Gasteiger partial charge in [-0.1, -0.05) is 30.7 Å². The molecule has 1 unspecified atom stereocenters. The van der Waals surface area contributed by atoms with Crippen LogP contribution in [-0.2, 0) is 13.2 Å². The topological polar surface area (TPSA) is 63.6 Å². The van der Waals surface area contributed by atoms with E-state index in [-0.39, 0.29) is 25.1 Å². The molecule has 2 N–H and O–H groups in total. The van der Waals surface area contributed by atoms with Crippen LogP contribution < -0.4 is 14.8 Å². The van der Waals surface area contributed by atoms with E-state index in [1.165, 1.54) is 0 Å². The molecule has 0 radical (unpaired) electrons. The van der Waals surface area contributed by atoms with E-state index in [0.717, 1.165) is 17.5 Å². The minimum Gasteiger partial charge on any atom is -0.493 e. The van der Waals surface area contributed by atoms with Gasteiger partial charge in [0.1, 0.15) is 11.8 Å². The highest BCUT2D eigenvalue weighted by molar-refractivity contribution is 6.29. The highest BCUT2D eigenvalue weighted by Gasteiger charge is 2.08. The van der Waals surface area contributed by atoms with Crippen LogP contribution in [0, 0.1) is 0 Å². The molecule has 138 valence electrons. The first-order chi connectivity index (χ1) is 11.7. The van der Waals surface area contributed by atoms with E-state index in [0.29, 0.717) is 29.8 Å². The number of benzene rings is 1. The molecule has 1 aromatic heterocycles. The summed E-state index contributed by atoms with van der Waals surface area (Å²) >= 11 is 5.77. The predicted octanol–water partition coefficient (Wildman–Crippen LogP) is 3.60. The van der Waals surface area contributed by atoms with Crippen LogP contribution in [0.2, 0.25) is 5.15 Å². The molecule has 0 amide bonds. The second-order valence-electron chi connectivity index (χ2n) is 5.43. The van der Waals surface area contributed by atoms with E-state index in [9.17, 15) is 5.11 Å². The first-order valence-corrected chi connectivity index (χ1v) is 8.28. The molecule has 0 saturated carbocycles. The second kappa shape index (κ2) is 11.2. The number of nitrogens with zero attached hydrogens (tertiary/aromatic N) is 1. The number of aliphatic hydroxyl groups is 1. The highest BCUT2D eigenvalue weighted by Crippen LogP contribution is 2.29. The van der Waals surface area contributed by atoms with E-state index in [1.807, 2.05) is 31.2 Å². The summed E-state index contributed by atoms with van der Waals surface area (Å²) in [6.07, 6.45) is 2.57. The van der Waals surface area contributed by atoms with Gasteiger partial charge in [0.2, 0.25) is 0 Å². The van der Waals surface area contributed by atoms with Crippen molar-refractivity contribution in [2.45, 2.75) is 32.5 Å². The van der Waals surface area contributed by atoms with Crippen LogP contribution in [-0.4, -0.2) is 29.8 Å². The number of rotatable bonds is 9. The maximum atomic E-state index is 9.22. The van der Waals surface area contributed by atoms with Gasteiger partial charge >= 0.3 is 0 Å². The number of nitrogens with one attached hydrogen (secondary N) is 1. The van der Waals surface area contributed by atoms with Gasteiger partial charge in [0.05, 0.1) is 13.7 Å². The van der Waals surface area contributed by atoms with Crippen molar-refractivity contribution in [1.82, 2.24) is 10.3 Å². The van der Waals surface area contributed by atoms with E-state index >= 15 is 0 Å². The summed E-state index contributed by atoms with van der Waals surface area (Å²) in [4.78, 5) is 4.03. The standard InChI is InChI=1S/C18H23ClN2O3.ClH/c1-3-15(11-22)20-9-13-4-6-16(17(8-13)23-2)24-12-14-5-7-18(19)21-10-14;/h4-8,10,15,20,22H,3,9,11-12H2,1-2H3;1H. The fourth-order valence-corrected chi connectivity index (χ4v) is 2.31. The van der Waals surface area contributed by atoms with Gasteiger partial charge in [-0.05, 0) is 30.2 Å². The molecule has 0 fully saturated rings. The van der Waals surface area contributed by atoms with Crippen molar-refractivity contribution in [3.05, 3.63) is 52.8 Å². The summed E-state index contributed by atoms with van der Waals surface area (Å²) < 4.78 is 11.2. The van der Waals surface area contributed by atoms with Gasteiger partial charge in [-0.2, -0.15) is 0 Å². The van der Waals surface area contributed by atoms with E-state index in [2.05, 4.69) is 10.3 Å². The maximum Gasteiger partial charge on any atom is 0.161 e. The van der Waals surface area contributed by atoms with Crippen LogP contribution in [0.1, 0.15) is 24.5 Å². The molecule has 2 rings (SSSR count). The number of hydrogen-bond donors (Lipinski definition) is 2. The molecule has 25 heavy (non-hydrogen) atoms. The first kappa shape index (κ1) is 21.5. The van der Waals surface area contributed by atoms with Gasteiger partial charge in [0.15, 0.2) is 11.5 Å². The Morgan fingerprint density at radius 1 is 1.20 bits per heavy atom. The van der Waals surface area contributed by atoms with Crippen molar-refractivity contribution in [3.63, 3.8) is 0 Å². The number of aromatic nitrogens is 1. The minimum atomic E-state index is 0. The molecule has 2 aromatic rings. The summed E-state index contributed by atoms with van der Waals surface area (Å²) in [5.41, 5.74) is 2.00. The zero-order valence-corrected chi connectivity index (χ0v) is 15.9. The summed E-state index contributed by atoms with van der Waals surface area (Å²) in [5.74, 6) is 1.35. The van der Waals surface area contributed by atoms with Crippen molar-refractivity contribution in [2.24, 2.45) is 0 Å². The number of ether oxygens (including phenoxy) is 2. The summed E-state index contributed by atoms with van der Waals surface area (Å²) in [5, 5.41) is 13.0. The number of halogens is 2. The lowest BCUT2D eigenvalue weighted by atomic mass is 10.1. The Bertz CT molecular complexity index is 635. The molecule has 0 spiro atoms. The first-order valence-electron chi connectivity index (χ1n) is 7.90. The van der Waals surface area contributed by atoms with Gasteiger partial charge in [-0.3, -0.25) is 0 Å². The van der Waals surface area contributed by atoms with Crippen LogP contribution in [0.3, 0.4) is 0 Å². The Balaban J connectivity index is 0.00000312. The van der Waals surface area contributed by atoms with Crippen molar-refractivity contribution in [1.29, 1.82) is 0 Å². The van der Waals surface area contributed by atoms with Crippen LogP contribution in [0.4, 0.5) is 0 Å². The van der Waals surface area contributed by atoms with Crippen molar-refractivity contribution >= 4 is 24.0 Å². The SMILES string of the molecule is CCC(CO)NCc1ccc(OCc2ccc(Cl)nc2)c(OC)c1.Cl. The van der Waals surface area contributed by atoms with Crippen LogP contribution in [0.25, 0.3) is 0 Å². The van der Waals surface area contributed by atoms with Crippen LogP contribution in [0.5, 0.6) is 11.5 Å². The Labute approximate surface area is 159 Å². The van der Waals surface area contributed by atoms with Crippen molar-refractivity contribution in [2.75, 3.05) is 13.7 Å². The number of pyridine rings is 1. The molecule has 5 nitrogen and oxygen atoms in total. The number of aliphatic hydroxyl groups excluding tert-OH is 1. The maximum absolute atomic E-state index is 9.22. The molecular formula is C18H24Cl2N2O3. The third-order valence-electron chi connectivity index (χ3n) is 3.72. The van der Waals surface area contributed by atoms with Crippen molar-refractivity contribution in [3.8, 4) is 11.5 Å². The number of methoxy groups -OCH3 is 1. The molecule has 0 bridgehead atoms. The Morgan fingerprint density at radius 3 is 2.56 bits per heavy atom. The number of hydrogen-bond acceptors (Lipinski definition) is 5. The molecular weight excluding hydrogens is 363 g/mol. The molecule has 1 aromatic carbocycles. The smallest absolute Gasteiger partial charge is 0.161 e. The van der Waals surface area contributed by atoms with Gasteiger partial charge in [0.25, 0.3) is 0 Å². The third-order valence-corrected chi connectivity index (χ3v) is 3.94. The van der Waals surface area contributed by atoms with Crippen molar-refractivity contribution < 1.29 is 14.6 Å². The minimum absolute atomic E-state index is 0. The highest BCUT2D eigenvalue weighted by atomic mass is 35.5. The zero-order valence-electron chi connectivity index (χ0n) is 14.4. The van der Waals surface area contributed by atoms with Gasteiger partial charge in [-0.15, -0.1) is 12.4 Å². The Hall–Kier alpha value is -1.53. The monoisotopic (exact) mass is 386 g/mol. The third kappa shape index (κ3) is 6.71. The molecule has 0 aliphatic rings. The predicted molar refractivity (Wildman–Crippen MR) is 102 cm³/mol. The van der Waals surface area contributed by atoms with Crippen LogP contribution >= 0.6 is 24.0 Å². The molecule has 1 atom stereocenters. The lowest BCUT2D eigenvalue weighted by Gasteiger charge is -2.16. The average Bonchev–Trinajstić information content (AvgIpc) is 2.62. The van der Waals surface area contributed by atoms with Crippen LogP contribution in [0.15, 0.2) is 36.5 Å². The normalized spacial score (nSPS) is 11.5. The van der Waals surface area contributed by atoms with Gasteiger partial charge < -0.3 is 19.9 Å². The molecule has 7 heteroatoms. The largest absolute Gasteiger partial charge is 0.493 e. The van der Waals surface area contributed by atoms with Gasteiger partial charge in [0, 0.05) is 24.3 Å². The molecule has 0 aliphatic heterocycles. The summed E-state index contributed by atoms with van der Waals surface area (Å²) in [6, 6.07) is 9.52. The molecule has 0 saturated heterocycles. The zero-order chi connectivity index (χ0) is 17.4. The average molecular weight is 387 g/mol. The van der Waals surface area contributed by atoms with E-state index in [4.69, 9.17) is 21.1 Å². The lowest BCUT2D eigenvalue weighted by molar-refractivity contribution is 0.238. The lowest BCUT2D eigenvalue weighted by Crippen LogP contribution is -2.31. The van der Waals surface area contributed by atoms with E-state index in [1.54, 1.807) is 19.4 Å². The Kier molecular flexibility index (Phi) is 9.60. The summed E-state index contributed by atoms with van der Waals surface area (Å²) in [6.45, 7) is 3.22. The second-order valence-corrected chi connectivity index (χ2v) is 5.82. The summed E-state index contributed by atoms with van der Waals surface area (Å²) in [7, 11) is 1.62. The quantitative estimate of drug-likeness (QED) is 0.644. The van der Waals surface area contributed by atoms with E-state index < -0.39 is 0 Å². The van der Waals surface area contributed by atoms with Gasteiger partial charge in [-0.25, -0.2) is 4.98 Å². The Morgan fingerprint density at radius 2 is 1.96 bits per heavy atom. The molecule has 1 heterocycles. The fraction of sp³-hybridized carbons (Fsp3) is 0.389. The fourth-order valence-electron chi connectivity index (χ4n) is 2.19.